The van der Waals surface area contributed by atoms with Crippen LogP contribution in [0.1, 0.15) is 34.8 Å². The van der Waals surface area contributed by atoms with E-state index in [-0.39, 0.29) is 11.6 Å². The van der Waals surface area contributed by atoms with Crippen molar-refractivity contribution in [2.75, 3.05) is 13.2 Å². The SMILES string of the molecule is Cc1cc(-c2nc3ccc(C=O)cc3n2C2CCOCC2)cn(C)c1=O. The summed E-state index contributed by atoms with van der Waals surface area (Å²) in [6, 6.07) is 7.70. The largest absolute Gasteiger partial charge is 0.381 e. The van der Waals surface area contributed by atoms with Crippen LogP contribution in [0.2, 0.25) is 0 Å². The Hall–Kier alpha value is -2.73. The maximum atomic E-state index is 12.1. The molecule has 1 aliphatic heterocycles. The van der Waals surface area contributed by atoms with Crippen molar-refractivity contribution in [3.63, 3.8) is 0 Å². The predicted molar refractivity (Wildman–Crippen MR) is 99.6 cm³/mol. The van der Waals surface area contributed by atoms with Gasteiger partial charge in [0.15, 0.2) is 0 Å². The van der Waals surface area contributed by atoms with Crippen molar-refractivity contribution in [1.82, 2.24) is 14.1 Å². The zero-order chi connectivity index (χ0) is 18.3. The summed E-state index contributed by atoms with van der Waals surface area (Å²) in [5.74, 6) is 0.827. The van der Waals surface area contributed by atoms with E-state index in [2.05, 4.69) is 4.57 Å². The number of imidazole rings is 1. The second-order valence-electron chi connectivity index (χ2n) is 6.84. The maximum Gasteiger partial charge on any atom is 0.253 e. The van der Waals surface area contributed by atoms with Gasteiger partial charge in [0.2, 0.25) is 0 Å². The fourth-order valence-corrected chi connectivity index (χ4v) is 3.70. The Morgan fingerprint density at radius 2 is 2.00 bits per heavy atom. The van der Waals surface area contributed by atoms with Gasteiger partial charge in [0.25, 0.3) is 5.56 Å². The van der Waals surface area contributed by atoms with E-state index in [1.165, 1.54) is 0 Å². The molecule has 4 rings (SSSR count). The molecule has 0 aliphatic carbocycles. The molecule has 0 spiro atoms. The molecule has 0 bridgehead atoms. The number of benzene rings is 1. The van der Waals surface area contributed by atoms with E-state index < -0.39 is 0 Å². The number of carbonyl (C=O) groups excluding carboxylic acids is 1. The van der Waals surface area contributed by atoms with Gasteiger partial charge in [-0.1, -0.05) is 0 Å². The molecule has 1 aliphatic rings. The standard InChI is InChI=1S/C20H21N3O3/c1-13-9-15(11-22(2)20(13)25)19-21-17-4-3-14(12-24)10-18(17)23(19)16-5-7-26-8-6-16/h3-4,9-12,16H,5-8H2,1-2H3. The molecule has 1 fully saturated rings. The van der Waals surface area contributed by atoms with Crippen LogP contribution in [0.5, 0.6) is 0 Å². The highest BCUT2D eigenvalue weighted by molar-refractivity contribution is 5.87. The second-order valence-corrected chi connectivity index (χ2v) is 6.84. The van der Waals surface area contributed by atoms with Crippen LogP contribution in [-0.4, -0.2) is 33.6 Å². The minimum Gasteiger partial charge on any atom is -0.381 e. The highest BCUT2D eigenvalue weighted by atomic mass is 16.5. The molecule has 3 heterocycles. The summed E-state index contributed by atoms with van der Waals surface area (Å²) in [6.07, 6.45) is 4.48. The summed E-state index contributed by atoms with van der Waals surface area (Å²) in [5, 5.41) is 0. The van der Waals surface area contributed by atoms with Crippen LogP contribution in [0.25, 0.3) is 22.4 Å². The van der Waals surface area contributed by atoms with E-state index >= 15 is 0 Å². The number of hydrogen-bond acceptors (Lipinski definition) is 4. The van der Waals surface area contributed by atoms with Gasteiger partial charge in [0.1, 0.15) is 12.1 Å². The zero-order valence-corrected chi connectivity index (χ0v) is 14.9. The van der Waals surface area contributed by atoms with E-state index in [0.29, 0.717) is 24.3 Å². The van der Waals surface area contributed by atoms with Crippen molar-refractivity contribution in [2.24, 2.45) is 7.05 Å². The number of aromatic nitrogens is 3. The zero-order valence-electron chi connectivity index (χ0n) is 14.9. The number of rotatable bonds is 3. The molecule has 134 valence electrons. The lowest BCUT2D eigenvalue weighted by molar-refractivity contribution is 0.0710. The lowest BCUT2D eigenvalue weighted by atomic mass is 10.1. The predicted octanol–water partition coefficient (Wildman–Crippen LogP) is 2.87. The third kappa shape index (κ3) is 2.76. The number of aldehydes is 1. The molecular formula is C20H21N3O3. The van der Waals surface area contributed by atoms with Gasteiger partial charge in [0, 0.05) is 49.2 Å². The van der Waals surface area contributed by atoms with Crippen LogP contribution < -0.4 is 5.56 Å². The number of nitrogens with zero attached hydrogens (tertiary/aromatic N) is 3. The van der Waals surface area contributed by atoms with Crippen LogP contribution in [0, 0.1) is 6.92 Å². The van der Waals surface area contributed by atoms with Crippen molar-refractivity contribution in [3.05, 3.63) is 51.9 Å². The first-order valence-corrected chi connectivity index (χ1v) is 8.81. The van der Waals surface area contributed by atoms with Crippen LogP contribution in [0.4, 0.5) is 0 Å². The van der Waals surface area contributed by atoms with E-state index in [0.717, 1.165) is 41.5 Å². The molecule has 0 saturated carbocycles. The lowest BCUT2D eigenvalue weighted by Gasteiger charge is -2.26. The molecule has 0 amide bonds. The fourth-order valence-electron chi connectivity index (χ4n) is 3.70. The van der Waals surface area contributed by atoms with Gasteiger partial charge in [-0.15, -0.1) is 0 Å². The average molecular weight is 351 g/mol. The smallest absolute Gasteiger partial charge is 0.253 e. The Bertz CT molecular complexity index is 1020. The van der Waals surface area contributed by atoms with Crippen molar-refractivity contribution in [1.29, 1.82) is 0 Å². The number of aryl methyl sites for hydroxylation is 2. The van der Waals surface area contributed by atoms with Gasteiger partial charge in [-0.25, -0.2) is 4.98 Å². The van der Waals surface area contributed by atoms with Gasteiger partial charge in [-0.2, -0.15) is 0 Å². The van der Waals surface area contributed by atoms with E-state index in [1.54, 1.807) is 17.7 Å². The van der Waals surface area contributed by atoms with Gasteiger partial charge >= 0.3 is 0 Å². The summed E-state index contributed by atoms with van der Waals surface area (Å²) >= 11 is 0. The van der Waals surface area contributed by atoms with Crippen molar-refractivity contribution >= 4 is 17.3 Å². The molecular weight excluding hydrogens is 330 g/mol. The van der Waals surface area contributed by atoms with E-state index in [1.807, 2.05) is 31.3 Å². The van der Waals surface area contributed by atoms with Gasteiger partial charge < -0.3 is 13.9 Å². The monoisotopic (exact) mass is 351 g/mol. The summed E-state index contributed by atoms with van der Waals surface area (Å²) in [5.41, 5.74) is 4.01. The third-order valence-electron chi connectivity index (χ3n) is 5.03. The first kappa shape index (κ1) is 16.7. The minimum atomic E-state index is -0.00859. The van der Waals surface area contributed by atoms with E-state index in [4.69, 9.17) is 9.72 Å². The van der Waals surface area contributed by atoms with Crippen LogP contribution in [0.15, 0.2) is 35.3 Å². The minimum absolute atomic E-state index is 0.00859. The Balaban J connectivity index is 1.98. The number of pyridine rings is 1. The summed E-state index contributed by atoms with van der Waals surface area (Å²) in [7, 11) is 1.75. The Morgan fingerprint density at radius 1 is 1.23 bits per heavy atom. The first-order valence-electron chi connectivity index (χ1n) is 8.81. The molecule has 0 unspecified atom stereocenters. The number of hydrogen-bond donors (Lipinski definition) is 0. The van der Waals surface area contributed by atoms with Crippen LogP contribution in [-0.2, 0) is 11.8 Å². The van der Waals surface area contributed by atoms with Gasteiger partial charge in [-0.3, -0.25) is 9.59 Å². The molecule has 0 radical (unpaired) electrons. The van der Waals surface area contributed by atoms with Crippen LogP contribution >= 0.6 is 0 Å². The highest BCUT2D eigenvalue weighted by Gasteiger charge is 2.23. The second kappa shape index (κ2) is 6.53. The van der Waals surface area contributed by atoms with Gasteiger partial charge in [0.05, 0.1) is 11.0 Å². The van der Waals surface area contributed by atoms with Crippen molar-refractivity contribution in [2.45, 2.75) is 25.8 Å². The molecule has 0 N–H and O–H groups in total. The highest BCUT2D eigenvalue weighted by Crippen LogP contribution is 2.33. The third-order valence-corrected chi connectivity index (χ3v) is 5.03. The number of ether oxygens (including phenoxy) is 1. The number of fused-ring (bicyclic) bond motifs is 1. The quantitative estimate of drug-likeness (QED) is 0.681. The molecule has 6 heteroatoms. The summed E-state index contributed by atoms with van der Waals surface area (Å²) in [4.78, 5) is 28.2. The fraction of sp³-hybridized carbons (Fsp3) is 0.350. The van der Waals surface area contributed by atoms with Crippen molar-refractivity contribution in [3.8, 4) is 11.4 Å². The Labute approximate surface area is 151 Å². The summed E-state index contributed by atoms with van der Waals surface area (Å²) in [6.45, 7) is 3.24. The molecule has 1 saturated heterocycles. The molecule has 26 heavy (non-hydrogen) atoms. The van der Waals surface area contributed by atoms with Gasteiger partial charge in [-0.05, 0) is 44.0 Å². The Kier molecular flexibility index (Phi) is 4.20. The maximum absolute atomic E-state index is 12.1. The van der Waals surface area contributed by atoms with Crippen LogP contribution in [0.3, 0.4) is 0 Å². The summed E-state index contributed by atoms with van der Waals surface area (Å²) < 4.78 is 9.32. The molecule has 2 aromatic heterocycles. The normalized spacial score (nSPS) is 15.5. The number of carbonyl (C=O) groups is 1. The molecule has 0 atom stereocenters. The molecule has 3 aromatic rings. The van der Waals surface area contributed by atoms with E-state index in [9.17, 15) is 9.59 Å². The molecule has 1 aromatic carbocycles. The first-order chi connectivity index (χ1) is 12.6. The molecule has 6 nitrogen and oxygen atoms in total. The Morgan fingerprint density at radius 3 is 2.69 bits per heavy atom. The lowest BCUT2D eigenvalue weighted by Crippen LogP contribution is -2.21. The topological polar surface area (TPSA) is 66.1 Å². The average Bonchev–Trinajstić information content (AvgIpc) is 3.05. The van der Waals surface area contributed by atoms with Crippen molar-refractivity contribution < 1.29 is 9.53 Å².